The zero-order chi connectivity index (χ0) is 15.4. The predicted molar refractivity (Wildman–Crippen MR) is 89.5 cm³/mol. The lowest BCUT2D eigenvalue weighted by Crippen LogP contribution is -2.15. The summed E-state index contributed by atoms with van der Waals surface area (Å²) in [7, 11) is 0. The van der Waals surface area contributed by atoms with Gasteiger partial charge in [0.1, 0.15) is 0 Å². The van der Waals surface area contributed by atoms with Crippen molar-refractivity contribution in [2.45, 2.75) is 4.90 Å². The number of anilines is 2. The quantitative estimate of drug-likeness (QED) is 0.626. The Labute approximate surface area is 141 Å². The molecular weight excluding hydrogens is 353 g/mol. The van der Waals surface area contributed by atoms with E-state index in [1.54, 1.807) is 18.2 Å². The van der Waals surface area contributed by atoms with Crippen molar-refractivity contribution in [2.24, 2.45) is 0 Å². The molecule has 21 heavy (non-hydrogen) atoms. The van der Waals surface area contributed by atoms with Crippen LogP contribution in [0.25, 0.3) is 0 Å². The van der Waals surface area contributed by atoms with Gasteiger partial charge in [-0.05, 0) is 24.3 Å². The highest BCUT2D eigenvalue weighted by Gasteiger charge is 2.09. The highest BCUT2D eigenvalue weighted by Crippen LogP contribution is 2.28. The van der Waals surface area contributed by atoms with Gasteiger partial charge in [-0.1, -0.05) is 34.8 Å². The maximum atomic E-state index is 11.9. The van der Waals surface area contributed by atoms with Crippen molar-refractivity contribution in [3.63, 3.8) is 0 Å². The average molecular weight is 363 g/mol. The van der Waals surface area contributed by atoms with Crippen molar-refractivity contribution < 1.29 is 4.79 Å². The number of nitrogens with zero attached hydrogens (tertiary/aromatic N) is 1. The molecule has 4 nitrogen and oxygen atoms in total. The van der Waals surface area contributed by atoms with Crippen molar-refractivity contribution in [3.05, 3.63) is 45.5 Å². The maximum Gasteiger partial charge on any atom is 0.235 e. The summed E-state index contributed by atoms with van der Waals surface area (Å²) in [6.45, 7) is 0. The third kappa shape index (κ3) is 4.68. The molecule has 110 valence electrons. The minimum absolute atomic E-state index is 0.173. The molecule has 0 bridgehead atoms. The molecule has 1 heterocycles. The van der Waals surface area contributed by atoms with Crippen LogP contribution in [0.4, 0.5) is 11.5 Å². The van der Waals surface area contributed by atoms with Crippen molar-refractivity contribution in [2.75, 3.05) is 16.8 Å². The minimum Gasteiger partial charge on any atom is -0.398 e. The van der Waals surface area contributed by atoms with Crippen LogP contribution in [-0.2, 0) is 4.79 Å². The van der Waals surface area contributed by atoms with Gasteiger partial charge >= 0.3 is 0 Å². The fourth-order valence-corrected chi connectivity index (χ4v) is 2.83. The fourth-order valence-electron chi connectivity index (χ4n) is 1.47. The molecule has 0 aliphatic heterocycles. The van der Waals surface area contributed by atoms with Crippen LogP contribution < -0.4 is 11.1 Å². The van der Waals surface area contributed by atoms with Crippen LogP contribution >= 0.6 is 46.6 Å². The molecule has 0 saturated carbocycles. The normalized spacial score (nSPS) is 10.4. The molecule has 0 aliphatic rings. The lowest BCUT2D eigenvalue weighted by Gasteiger charge is -2.08. The third-order valence-electron chi connectivity index (χ3n) is 2.40. The maximum absolute atomic E-state index is 11.9. The van der Waals surface area contributed by atoms with Crippen LogP contribution in [0.5, 0.6) is 0 Å². The van der Waals surface area contributed by atoms with Gasteiger partial charge in [-0.15, -0.1) is 11.8 Å². The van der Waals surface area contributed by atoms with Crippen LogP contribution in [-0.4, -0.2) is 16.6 Å². The van der Waals surface area contributed by atoms with E-state index in [1.807, 2.05) is 0 Å². The molecule has 2 aromatic rings. The van der Waals surface area contributed by atoms with E-state index in [9.17, 15) is 4.79 Å². The molecular formula is C13H10Cl3N3OS. The number of benzene rings is 1. The summed E-state index contributed by atoms with van der Waals surface area (Å²) in [6.07, 6.45) is 1.41. The first-order valence-electron chi connectivity index (χ1n) is 5.74. The van der Waals surface area contributed by atoms with Gasteiger partial charge < -0.3 is 11.1 Å². The van der Waals surface area contributed by atoms with E-state index in [4.69, 9.17) is 40.5 Å². The lowest BCUT2D eigenvalue weighted by molar-refractivity contribution is -0.113. The summed E-state index contributed by atoms with van der Waals surface area (Å²) in [5.41, 5.74) is 6.35. The van der Waals surface area contributed by atoms with Crippen molar-refractivity contribution in [1.29, 1.82) is 0 Å². The number of halogens is 3. The lowest BCUT2D eigenvalue weighted by atomic mass is 10.3. The second kappa shape index (κ2) is 7.22. The molecule has 1 aromatic heterocycles. The van der Waals surface area contributed by atoms with E-state index < -0.39 is 0 Å². The second-order valence-corrected chi connectivity index (χ2v) is 6.30. The molecule has 0 aliphatic carbocycles. The van der Waals surface area contributed by atoms with Crippen LogP contribution in [0.1, 0.15) is 0 Å². The summed E-state index contributed by atoms with van der Waals surface area (Å²) in [4.78, 5) is 16.6. The van der Waals surface area contributed by atoms with E-state index in [-0.39, 0.29) is 22.5 Å². The van der Waals surface area contributed by atoms with Gasteiger partial charge in [-0.25, -0.2) is 4.98 Å². The number of carbonyl (C=O) groups excluding carboxylic acids is 1. The van der Waals surface area contributed by atoms with Crippen LogP contribution in [0, 0.1) is 0 Å². The molecule has 0 saturated heterocycles. The Morgan fingerprint density at radius 3 is 2.67 bits per heavy atom. The molecule has 1 amide bonds. The van der Waals surface area contributed by atoms with Crippen molar-refractivity contribution in [3.8, 4) is 0 Å². The minimum atomic E-state index is -0.244. The Hall–Kier alpha value is -1.14. The van der Waals surface area contributed by atoms with Gasteiger partial charge in [0.2, 0.25) is 5.91 Å². The van der Waals surface area contributed by atoms with Gasteiger partial charge in [-0.2, -0.15) is 0 Å². The first kappa shape index (κ1) is 16.2. The standard InChI is InChI=1S/C13H10Cl3N3OS/c14-7-1-2-11(10(17)4-7)21-6-12(20)19-13-9(16)3-8(15)5-18-13/h1-5H,6,17H2,(H,18,19,20). The number of amides is 1. The predicted octanol–water partition coefficient (Wildman–Crippen LogP) is 4.35. The molecule has 0 spiro atoms. The van der Waals surface area contributed by atoms with Crippen molar-refractivity contribution in [1.82, 2.24) is 4.98 Å². The smallest absolute Gasteiger partial charge is 0.235 e. The van der Waals surface area contributed by atoms with Crippen molar-refractivity contribution >= 4 is 64.0 Å². The van der Waals surface area contributed by atoms with Crippen LogP contribution in [0.3, 0.4) is 0 Å². The summed E-state index contributed by atoms with van der Waals surface area (Å²) in [6, 6.07) is 6.63. The van der Waals surface area contributed by atoms with Gasteiger partial charge in [0.05, 0.1) is 15.8 Å². The summed E-state index contributed by atoms with van der Waals surface area (Å²) in [5, 5.41) is 3.85. The Kier molecular flexibility index (Phi) is 5.58. The van der Waals surface area contributed by atoms with Crippen LogP contribution in [0.2, 0.25) is 15.1 Å². The van der Waals surface area contributed by atoms with E-state index in [0.717, 1.165) is 4.90 Å². The number of nitrogens with one attached hydrogen (secondary N) is 1. The number of nitrogen functional groups attached to an aromatic ring is 1. The van der Waals surface area contributed by atoms with E-state index in [0.29, 0.717) is 15.7 Å². The monoisotopic (exact) mass is 361 g/mol. The van der Waals surface area contributed by atoms with Gasteiger partial charge in [-0.3, -0.25) is 4.79 Å². The second-order valence-electron chi connectivity index (χ2n) is 4.00. The molecule has 2 rings (SSSR count). The highest BCUT2D eigenvalue weighted by molar-refractivity contribution is 8.00. The number of carbonyl (C=O) groups is 1. The molecule has 8 heteroatoms. The Balaban J connectivity index is 1.96. The summed E-state index contributed by atoms with van der Waals surface area (Å²) >= 11 is 18.8. The molecule has 0 fully saturated rings. The molecule has 0 atom stereocenters. The first-order chi connectivity index (χ1) is 9.95. The summed E-state index contributed by atoms with van der Waals surface area (Å²) < 4.78 is 0. The average Bonchev–Trinajstić information content (AvgIpc) is 2.41. The zero-order valence-electron chi connectivity index (χ0n) is 10.6. The Bertz CT molecular complexity index is 682. The molecule has 0 unspecified atom stereocenters. The Morgan fingerprint density at radius 2 is 2.00 bits per heavy atom. The third-order valence-corrected chi connectivity index (χ3v) is 4.22. The Morgan fingerprint density at radius 1 is 1.24 bits per heavy atom. The molecule has 1 aromatic carbocycles. The zero-order valence-corrected chi connectivity index (χ0v) is 13.7. The molecule has 3 N–H and O–H groups in total. The van der Waals surface area contributed by atoms with Gasteiger partial charge in [0, 0.05) is 21.8 Å². The number of pyridine rings is 1. The number of thioether (sulfide) groups is 1. The highest BCUT2D eigenvalue weighted by atomic mass is 35.5. The fraction of sp³-hybridized carbons (Fsp3) is 0.0769. The van der Waals surface area contributed by atoms with E-state index in [1.165, 1.54) is 24.0 Å². The van der Waals surface area contributed by atoms with Crippen LogP contribution in [0.15, 0.2) is 35.4 Å². The van der Waals surface area contributed by atoms with Gasteiger partial charge in [0.15, 0.2) is 5.82 Å². The topological polar surface area (TPSA) is 68.0 Å². The van der Waals surface area contributed by atoms with Gasteiger partial charge in [0.25, 0.3) is 0 Å². The number of nitrogens with two attached hydrogens (primary N) is 1. The van der Waals surface area contributed by atoms with E-state index in [2.05, 4.69) is 10.3 Å². The first-order valence-corrected chi connectivity index (χ1v) is 7.86. The SMILES string of the molecule is Nc1cc(Cl)ccc1SCC(=O)Nc1ncc(Cl)cc1Cl. The number of rotatable bonds is 4. The summed E-state index contributed by atoms with van der Waals surface area (Å²) in [5.74, 6) is 0.203. The molecule has 0 radical (unpaired) electrons. The number of hydrogen-bond donors (Lipinski definition) is 2. The van der Waals surface area contributed by atoms with E-state index >= 15 is 0 Å². The largest absolute Gasteiger partial charge is 0.398 e. The number of hydrogen-bond acceptors (Lipinski definition) is 4. The number of aromatic nitrogens is 1.